The molecule has 2 aromatic heterocycles. The number of hydrogen-bond donors (Lipinski definition) is 1. The van der Waals surface area contributed by atoms with Crippen LogP contribution in [0.15, 0.2) is 46.3 Å². The molecule has 0 unspecified atom stereocenters. The van der Waals surface area contributed by atoms with Crippen molar-refractivity contribution in [3.8, 4) is 0 Å². The molecule has 6 nitrogen and oxygen atoms in total. The SMILES string of the molecule is CSc1ccccc1NS(=O)(=O)c1cnc2c(c1)c(C)nn2C. The quantitative estimate of drug-likeness (QED) is 0.734. The summed E-state index contributed by atoms with van der Waals surface area (Å²) in [6.07, 6.45) is 3.26. The molecular formula is C15H16N4O2S2. The minimum atomic E-state index is -3.71. The van der Waals surface area contributed by atoms with Gasteiger partial charge in [-0.05, 0) is 31.4 Å². The topological polar surface area (TPSA) is 76.9 Å². The van der Waals surface area contributed by atoms with Gasteiger partial charge in [0.05, 0.1) is 11.4 Å². The molecule has 0 aliphatic rings. The number of pyridine rings is 1. The lowest BCUT2D eigenvalue weighted by atomic mass is 10.3. The second-order valence-corrected chi connectivity index (χ2v) is 7.59. The summed E-state index contributed by atoms with van der Waals surface area (Å²) >= 11 is 1.48. The summed E-state index contributed by atoms with van der Waals surface area (Å²) in [5.41, 5.74) is 1.96. The molecule has 0 saturated carbocycles. The number of sulfonamides is 1. The average Bonchev–Trinajstić information content (AvgIpc) is 2.82. The first kappa shape index (κ1) is 15.8. The minimum Gasteiger partial charge on any atom is -0.278 e. The van der Waals surface area contributed by atoms with Crippen molar-refractivity contribution in [2.24, 2.45) is 7.05 Å². The van der Waals surface area contributed by atoms with Crippen LogP contribution in [0.4, 0.5) is 5.69 Å². The highest BCUT2D eigenvalue weighted by molar-refractivity contribution is 7.99. The van der Waals surface area contributed by atoms with Gasteiger partial charge < -0.3 is 0 Å². The number of para-hydroxylation sites is 1. The highest BCUT2D eigenvalue weighted by Crippen LogP contribution is 2.27. The number of fused-ring (bicyclic) bond motifs is 1. The molecule has 2 heterocycles. The molecule has 0 aliphatic carbocycles. The van der Waals surface area contributed by atoms with E-state index in [4.69, 9.17) is 0 Å². The van der Waals surface area contributed by atoms with Crippen LogP contribution in [0.2, 0.25) is 0 Å². The lowest BCUT2D eigenvalue weighted by molar-refractivity contribution is 0.601. The fourth-order valence-corrected chi connectivity index (χ4v) is 4.04. The van der Waals surface area contributed by atoms with Gasteiger partial charge in [-0.15, -0.1) is 11.8 Å². The van der Waals surface area contributed by atoms with E-state index in [1.165, 1.54) is 18.0 Å². The molecule has 3 aromatic rings. The van der Waals surface area contributed by atoms with Crippen LogP contribution in [0.1, 0.15) is 5.69 Å². The largest absolute Gasteiger partial charge is 0.278 e. The van der Waals surface area contributed by atoms with Crippen LogP contribution in [-0.2, 0) is 17.1 Å². The first-order chi connectivity index (χ1) is 10.9. The number of hydrogen-bond acceptors (Lipinski definition) is 5. The van der Waals surface area contributed by atoms with Gasteiger partial charge in [-0.2, -0.15) is 5.10 Å². The molecule has 0 saturated heterocycles. The first-order valence-corrected chi connectivity index (χ1v) is 9.58. The predicted molar refractivity (Wildman–Crippen MR) is 92.3 cm³/mol. The van der Waals surface area contributed by atoms with Crippen molar-refractivity contribution < 1.29 is 8.42 Å². The van der Waals surface area contributed by atoms with Gasteiger partial charge in [0, 0.05) is 23.5 Å². The zero-order chi connectivity index (χ0) is 16.6. The zero-order valence-electron chi connectivity index (χ0n) is 12.9. The summed E-state index contributed by atoms with van der Waals surface area (Å²) in [6, 6.07) is 8.88. The van der Waals surface area contributed by atoms with Gasteiger partial charge in [0.2, 0.25) is 0 Å². The number of thioether (sulfide) groups is 1. The Morgan fingerprint density at radius 2 is 2.00 bits per heavy atom. The number of nitrogens with one attached hydrogen (secondary N) is 1. The number of aryl methyl sites for hydroxylation is 2. The van der Waals surface area contributed by atoms with Crippen molar-refractivity contribution in [3.05, 3.63) is 42.2 Å². The third kappa shape index (κ3) is 2.91. The van der Waals surface area contributed by atoms with Crippen LogP contribution in [0.25, 0.3) is 11.0 Å². The molecule has 0 aliphatic heterocycles. The van der Waals surface area contributed by atoms with Gasteiger partial charge in [-0.25, -0.2) is 13.4 Å². The summed E-state index contributed by atoms with van der Waals surface area (Å²) in [4.78, 5) is 5.21. The third-order valence-corrected chi connectivity index (χ3v) is 5.63. The maximum Gasteiger partial charge on any atom is 0.263 e. The summed E-state index contributed by atoms with van der Waals surface area (Å²) in [7, 11) is -1.93. The normalized spacial score (nSPS) is 11.8. The summed E-state index contributed by atoms with van der Waals surface area (Å²) in [5, 5.41) is 4.99. The van der Waals surface area contributed by atoms with Crippen LogP contribution in [0, 0.1) is 6.92 Å². The highest BCUT2D eigenvalue weighted by atomic mass is 32.2. The Morgan fingerprint density at radius 1 is 1.26 bits per heavy atom. The Kier molecular flexibility index (Phi) is 4.03. The van der Waals surface area contributed by atoms with Crippen molar-refractivity contribution >= 4 is 38.5 Å². The van der Waals surface area contributed by atoms with Crippen molar-refractivity contribution in [2.45, 2.75) is 16.7 Å². The zero-order valence-corrected chi connectivity index (χ0v) is 14.6. The molecule has 0 radical (unpaired) electrons. The Morgan fingerprint density at radius 3 is 2.74 bits per heavy atom. The van der Waals surface area contributed by atoms with Crippen molar-refractivity contribution in [2.75, 3.05) is 11.0 Å². The van der Waals surface area contributed by atoms with Crippen molar-refractivity contribution in [1.82, 2.24) is 14.8 Å². The molecule has 23 heavy (non-hydrogen) atoms. The van der Waals surface area contributed by atoms with Crippen molar-refractivity contribution in [3.63, 3.8) is 0 Å². The predicted octanol–water partition coefficient (Wildman–Crippen LogP) is 2.80. The van der Waals surface area contributed by atoms with E-state index in [9.17, 15) is 8.42 Å². The first-order valence-electron chi connectivity index (χ1n) is 6.87. The molecule has 3 rings (SSSR count). The molecule has 0 spiro atoms. The summed E-state index contributed by atoms with van der Waals surface area (Å²) < 4.78 is 29.6. The highest BCUT2D eigenvalue weighted by Gasteiger charge is 2.18. The maximum atomic E-state index is 12.6. The van der Waals surface area contributed by atoms with E-state index in [1.54, 1.807) is 29.9 Å². The lowest BCUT2D eigenvalue weighted by Gasteiger charge is -2.11. The lowest BCUT2D eigenvalue weighted by Crippen LogP contribution is -2.14. The van der Waals surface area contributed by atoms with E-state index in [-0.39, 0.29) is 4.90 Å². The van der Waals surface area contributed by atoms with Crippen LogP contribution in [0.3, 0.4) is 0 Å². The summed E-state index contributed by atoms with van der Waals surface area (Å²) in [5.74, 6) is 0. The Bertz CT molecular complexity index is 980. The van der Waals surface area contributed by atoms with E-state index >= 15 is 0 Å². The van der Waals surface area contributed by atoms with Gasteiger partial charge in [0.1, 0.15) is 4.90 Å². The molecule has 0 amide bonds. The van der Waals surface area contributed by atoms with Gasteiger partial charge in [0.15, 0.2) is 5.65 Å². The number of anilines is 1. The molecule has 0 atom stereocenters. The molecule has 0 fully saturated rings. The Hall–Kier alpha value is -2.06. The van der Waals surface area contributed by atoms with E-state index in [1.807, 2.05) is 25.3 Å². The Labute approximate surface area is 139 Å². The summed E-state index contributed by atoms with van der Waals surface area (Å²) in [6.45, 7) is 1.83. The van der Waals surface area contributed by atoms with Gasteiger partial charge >= 0.3 is 0 Å². The smallest absolute Gasteiger partial charge is 0.263 e. The maximum absolute atomic E-state index is 12.6. The molecular weight excluding hydrogens is 332 g/mol. The standard InChI is InChI=1S/C15H16N4O2S2/c1-10-12-8-11(9-16-15(12)19(2)17-10)23(20,21)18-13-6-4-5-7-14(13)22-3/h4-9,18H,1-3H3. The third-order valence-electron chi connectivity index (χ3n) is 3.50. The monoisotopic (exact) mass is 348 g/mol. The van der Waals surface area contributed by atoms with E-state index in [2.05, 4.69) is 14.8 Å². The van der Waals surface area contributed by atoms with Gasteiger partial charge in [-0.1, -0.05) is 12.1 Å². The van der Waals surface area contributed by atoms with E-state index in [0.29, 0.717) is 11.3 Å². The van der Waals surface area contributed by atoms with Crippen molar-refractivity contribution in [1.29, 1.82) is 0 Å². The molecule has 1 N–H and O–H groups in total. The second kappa shape index (κ2) is 5.86. The van der Waals surface area contributed by atoms with Crippen LogP contribution in [0.5, 0.6) is 0 Å². The van der Waals surface area contributed by atoms with Gasteiger partial charge in [0.25, 0.3) is 10.0 Å². The fourth-order valence-electron chi connectivity index (χ4n) is 2.37. The van der Waals surface area contributed by atoms with Crippen LogP contribution >= 0.6 is 11.8 Å². The number of nitrogens with zero attached hydrogens (tertiary/aromatic N) is 3. The van der Waals surface area contributed by atoms with Crippen LogP contribution in [-0.4, -0.2) is 29.4 Å². The van der Waals surface area contributed by atoms with Gasteiger partial charge in [-0.3, -0.25) is 9.40 Å². The second-order valence-electron chi connectivity index (χ2n) is 5.06. The average molecular weight is 348 g/mol. The molecule has 1 aromatic carbocycles. The Balaban J connectivity index is 2.04. The molecule has 8 heteroatoms. The number of benzene rings is 1. The number of aromatic nitrogens is 3. The minimum absolute atomic E-state index is 0.122. The number of rotatable bonds is 4. The molecule has 0 bridgehead atoms. The molecule has 120 valence electrons. The van der Waals surface area contributed by atoms with E-state index < -0.39 is 10.0 Å². The van der Waals surface area contributed by atoms with Crippen LogP contribution < -0.4 is 4.72 Å². The fraction of sp³-hybridized carbons (Fsp3) is 0.200. The van der Waals surface area contributed by atoms with E-state index in [0.717, 1.165) is 16.0 Å².